The Bertz CT molecular complexity index is 518. The highest BCUT2D eigenvalue weighted by Crippen LogP contribution is 2.32. The number of aryl methyl sites for hydroxylation is 1. The van der Waals surface area contributed by atoms with E-state index in [0.29, 0.717) is 12.5 Å². The first-order valence-corrected chi connectivity index (χ1v) is 7.77. The van der Waals surface area contributed by atoms with Crippen LogP contribution in [-0.2, 0) is 12.3 Å². The van der Waals surface area contributed by atoms with Crippen molar-refractivity contribution in [3.8, 4) is 11.5 Å². The summed E-state index contributed by atoms with van der Waals surface area (Å²) >= 11 is 5.95. The number of ether oxygens (including phenoxy) is 2. The molecule has 0 aliphatic carbocycles. The van der Waals surface area contributed by atoms with Gasteiger partial charge in [-0.15, -0.1) is 11.6 Å². The highest BCUT2D eigenvalue weighted by Gasteiger charge is 2.09. The lowest BCUT2D eigenvalue weighted by atomic mass is 10.1. The van der Waals surface area contributed by atoms with Gasteiger partial charge in [-0.1, -0.05) is 42.5 Å². The van der Waals surface area contributed by atoms with E-state index in [0.717, 1.165) is 36.3 Å². The number of hydrogen-bond acceptors (Lipinski definition) is 2. The Labute approximate surface area is 131 Å². The second-order valence-corrected chi connectivity index (χ2v) is 5.14. The van der Waals surface area contributed by atoms with Crippen molar-refractivity contribution >= 4 is 11.6 Å². The van der Waals surface area contributed by atoms with Crippen LogP contribution in [-0.4, -0.2) is 13.7 Å². The fourth-order valence-electron chi connectivity index (χ4n) is 2.24. The van der Waals surface area contributed by atoms with Gasteiger partial charge in [0.1, 0.15) is 0 Å². The number of para-hydroxylation sites is 1. The lowest BCUT2D eigenvalue weighted by molar-refractivity contribution is 0.284. The van der Waals surface area contributed by atoms with Gasteiger partial charge in [-0.05, 0) is 30.9 Å². The van der Waals surface area contributed by atoms with Crippen molar-refractivity contribution in [1.82, 2.24) is 0 Å². The summed E-state index contributed by atoms with van der Waals surface area (Å²) in [5.41, 5.74) is 2.34. The van der Waals surface area contributed by atoms with E-state index in [4.69, 9.17) is 21.1 Å². The second-order valence-electron chi connectivity index (χ2n) is 4.87. The Hall–Kier alpha value is -1.67. The summed E-state index contributed by atoms with van der Waals surface area (Å²) in [7, 11) is 1.65. The molecule has 2 aromatic carbocycles. The molecule has 0 heterocycles. The number of unbranched alkanes of at least 4 members (excludes halogenated alkanes) is 1. The third-order valence-electron chi connectivity index (χ3n) is 3.37. The van der Waals surface area contributed by atoms with Gasteiger partial charge >= 0.3 is 0 Å². The van der Waals surface area contributed by atoms with Crippen molar-refractivity contribution in [2.45, 2.75) is 25.1 Å². The number of methoxy groups -OCH3 is 1. The minimum absolute atomic E-state index is 0.427. The lowest BCUT2D eigenvalue weighted by Gasteiger charge is -2.13. The maximum Gasteiger partial charge on any atom is 0.165 e. The average Bonchev–Trinajstić information content (AvgIpc) is 2.55. The van der Waals surface area contributed by atoms with Crippen LogP contribution in [0.4, 0.5) is 0 Å². The Morgan fingerprint density at radius 2 is 1.76 bits per heavy atom. The molecule has 3 heteroatoms. The molecule has 2 aromatic rings. The van der Waals surface area contributed by atoms with E-state index >= 15 is 0 Å². The SMILES string of the molecule is COc1cccc(CCl)c1OCCCCc1ccccc1. The summed E-state index contributed by atoms with van der Waals surface area (Å²) in [5.74, 6) is 1.95. The van der Waals surface area contributed by atoms with E-state index in [1.807, 2.05) is 24.3 Å². The van der Waals surface area contributed by atoms with E-state index in [9.17, 15) is 0 Å². The van der Waals surface area contributed by atoms with Gasteiger partial charge in [0.15, 0.2) is 11.5 Å². The van der Waals surface area contributed by atoms with Crippen LogP contribution in [0.5, 0.6) is 11.5 Å². The third-order valence-corrected chi connectivity index (χ3v) is 3.66. The van der Waals surface area contributed by atoms with Crippen LogP contribution in [0.3, 0.4) is 0 Å². The molecule has 0 spiro atoms. The molecule has 0 fully saturated rings. The average molecular weight is 305 g/mol. The molecule has 0 N–H and O–H groups in total. The van der Waals surface area contributed by atoms with Crippen LogP contribution < -0.4 is 9.47 Å². The van der Waals surface area contributed by atoms with Gasteiger partial charge in [0.25, 0.3) is 0 Å². The zero-order valence-electron chi connectivity index (χ0n) is 12.3. The summed E-state index contributed by atoms with van der Waals surface area (Å²) in [6, 6.07) is 16.3. The summed E-state index contributed by atoms with van der Waals surface area (Å²) in [6.45, 7) is 0.678. The molecule has 2 rings (SSSR count). The molecule has 21 heavy (non-hydrogen) atoms. The predicted molar refractivity (Wildman–Crippen MR) is 87.4 cm³/mol. The van der Waals surface area contributed by atoms with Gasteiger partial charge < -0.3 is 9.47 Å². The number of benzene rings is 2. The monoisotopic (exact) mass is 304 g/mol. The first-order valence-electron chi connectivity index (χ1n) is 7.23. The van der Waals surface area contributed by atoms with Crippen LogP contribution >= 0.6 is 11.6 Å². The van der Waals surface area contributed by atoms with Crippen molar-refractivity contribution in [2.24, 2.45) is 0 Å². The van der Waals surface area contributed by atoms with Gasteiger partial charge in [0, 0.05) is 5.56 Å². The molecule has 0 bridgehead atoms. The van der Waals surface area contributed by atoms with Crippen molar-refractivity contribution in [3.63, 3.8) is 0 Å². The normalized spacial score (nSPS) is 10.4. The predicted octanol–water partition coefficient (Wildman–Crippen LogP) is 4.84. The van der Waals surface area contributed by atoms with Crippen LogP contribution in [0.15, 0.2) is 48.5 Å². The summed E-state index contributed by atoms with van der Waals surface area (Å²) in [5, 5.41) is 0. The maximum atomic E-state index is 5.95. The van der Waals surface area contributed by atoms with Gasteiger partial charge in [0.05, 0.1) is 19.6 Å². The first-order chi connectivity index (χ1) is 10.3. The topological polar surface area (TPSA) is 18.5 Å². The summed E-state index contributed by atoms with van der Waals surface area (Å²) in [6.07, 6.45) is 3.20. The van der Waals surface area contributed by atoms with Crippen molar-refractivity contribution in [3.05, 3.63) is 59.7 Å². The van der Waals surface area contributed by atoms with Crippen LogP contribution in [0, 0.1) is 0 Å². The molecule has 0 aliphatic heterocycles. The minimum Gasteiger partial charge on any atom is -0.493 e. The zero-order valence-corrected chi connectivity index (χ0v) is 13.1. The van der Waals surface area contributed by atoms with E-state index in [1.165, 1.54) is 5.56 Å². The molecule has 0 aromatic heterocycles. The van der Waals surface area contributed by atoms with Gasteiger partial charge in [-0.25, -0.2) is 0 Å². The van der Waals surface area contributed by atoms with Crippen molar-refractivity contribution < 1.29 is 9.47 Å². The fraction of sp³-hybridized carbons (Fsp3) is 0.333. The molecule has 0 unspecified atom stereocenters. The smallest absolute Gasteiger partial charge is 0.165 e. The van der Waals surface area contributed by atoms with Crippen LogP contribution in [0.2, 0.25) is 0 Å². The van der Waals surface area contributed by atoms with Gasteiger partial charge in [0.2, 0.25) is 0 Å². The number of alkyl halides is 1. The summed E-state index contributed by atoms with van der Waals surface area (Å²) < 4.78 is 11.2. The Kier molecular flexibility index (Phi) is 6.42. The van der Waals surface area contributed by atoms with Crippen LogP contribution in [0.25, 0.3) is 0 Å². The van der Waals surface area contributed by atoms with E-state index in [1.54, 1.807) is 7.11 Å². The molecule has 112 valence electrons. The molecule has 0 saturated heterocycles. The van der Waals surface area contributed by atoms with Crippen molar-refractivity contribution in [1.29, 1.82) is 0 Å². The number of halogens is 1. The Morgan fingerprint density at radius 3 is 2.48 bits per heavy atom. The van der Waals surface area contributed by atoms with Gasteiger partial charge in [-0.3, -0.25) is 0 Å². The molecular weight excluding hydrogens is 284 g/mol. The fourth-order valence-corrected chi connectivity index (χ4v) is 2.45. The standard InChI is InChI=1S/C18H21ClO2/c1-20-17-12-7-11-16(14-19)18(17)21-13-6-5-10-15-8-3-2-4-9-15/h2-4,7-9,11-12H,5-6,10,13-14H2,1H3. The highest BCUT2D eigenvalue weighted by atomic mass is 35.5. The zero-order chi connectivity index (χ0) is 14.9. The summed E-state index contributed by atoms with van der Waals surface area (Å²) in [4.78, 5) is 0. The molecule has 0 amide bonds. The lowest BCUT2D eigenvalue weighted by Crippen LogP contribution is -2.02. The molecule has 0 radical (unpaired) electrons. The minimum atomic E-state index is 0.427. The Balaban J connectivity index is 1.81. The van der Waals surface area contributed by atoms with Crippen molar-refractivity contribution in [2.75, 3.05) is 13.7 Å². The third kappa shape index (κ3) is 4.68. The number of hydrogen-bond donors (Lipinski definition) is 0. The quantitative estimate of drug-likeness (QED) is 0.513. The maximum absolute atomic E-state index is 5.95. The van der Waals surface area contributed by atoms with E-state index in [-0.39, 0.29) is 0 Å². The number of rotatable bonds is 8. The molecular formula is C18H21ClO2. The Morgan fingerprint density at radius 1 is 0.952 bits per heavy atom. The molecule has 0 atom stereocenters. The van der Waals surface area contributed by atoms with Crippen LogP contribution in [0.1, 0.15) is 24.0 Å². The second kappa shape index (κ2) is 8.58. The van der Waals surface area contributed by atoms with E-state index < -0.39 is 0 Å². The largest absolute Gasteiger partial charge is 0.493 e. The molecule has 0 aliphatic rings. The van der Waals surface area contributed by atoms with E-state index in [2.05, 4.69) is 24.3 Å². The molecule has 0 saturated carbocycles. The van der Waals surface area contributed by atoms with Gasteiger partial charge in [-0.2, -0.15) is 0 Å². The molecule has 2 nitrogen and oxygen atoms in total. The first kappa shape index (κ1) is 15.7. The highest BCUT2D eigenvalue weighted by molar-refractivity contribution is 6.17.